The average Bonchev–Trinajstić information content (AvgIpc) is 2.46. The summed E-state index contributed by atoms with van der Waals surface area (Å²) in [6, 6.07) is 17.4. The van der Waals surface area contributed by atoms with Gasteiger partial charge in [-0.3, -0.25) is 0 Å². The van der Waals surface area contributed by atoms with Gasteiger partial charge in [-0.15, -0.1) is 0 Å². The van der Waals surface area contributed by atoms with Crippen LogP contribution in [-0.4, -0.2) is 0 Å². The summed E-state index contributed by atoms with van der Waals surface area (Å²) in [6.07, 6.45) is 9.61. The third-order valence-electron chi connectivity index (χ3n) is 3.64. The lowest BCUT2D eigenvalue weighted by atomic mass is 9.90. The average molecular weight is 234 g/mol. The molecule has 0 aliphatic heterocycles. The van der Waals surface area contributed by atoms with Crippen LogP contribution in [-0.2, 0) is 12.8 Å². The van der Waals surface area contributed by atoms with E-state index in [-0.39, 0.29) is 0 Å². The lowest BCUT2D eigenvalue weighted by Crippen LogP contribution is -2.02. The summed E-state index contributed by atoms with van der Waals surface area (Å²) in [5.74, 6) is 0. The molecule has 0 aromatic heterocycles. The summed E-state index contributed by atoms with van der Waals surface area (Å²) in [5, 5.41) is 0. The quantitative estimate of drug-likeness (QED) is 0.659. The summed E-state index contributed by atoms with van der Waals surface area (Å²) in [5.41, 5.74) is 5.68. The Morgan fingerprint density at radius 3 is 2.22 bits per heavy atom. The van der Waals surface area contributed by atoms with Crippen LogP contribution in [0.15, 0.2) is 48.5 Å². The number of benzene rings is 2. The minimum atomic E-state index is 1.25. The molecule has 0 unspecified atom stereocenters. The fraction of sp³-hybridized carbons (Fsp3) is 0.222. The van der Waals surface area contributed by atoms with Gasteiger partial charge in [0.2, 0.25) is 0 Å². The monoisotopic (exact) mass is 234 g/mol. The predicted octanol–water partition coefficient (Wildman–Crippen LogP) is 4.74. The number of fused-ring (bicyclic) bond motifs is 1. The standard InChI is InChI=1S/C18H18/c1-2-6-15(7-3-1)10-11-16-12-13-17-8-4-5-9-18(17)14-16/h1-3,6-7,10-14H,4-5,8-9H2/b11-10+. The minimum Gasteiger partial charge on any atom is -0.0622 e. The molecule has 3 rings (SSSR count). The fourth-order valence-corrected chi connectivity index (χ4v) is 2.61. The molecule has 0 N–H and O–H groups in total. The molecule has 0 atom stereocenters. The van der Waals surface area contributed by atoms with Crippen molar-refractivity contribution in [3.8, 4) is 0 Å². The van der Waals surface area contributed by atoms with Crippen molar-refractivity contribution in [1.82, 2.24) is 0 Å². The van der Waals surface area contributed by atoms with Gasteiger partial charge in [0, 0.05) is 0 Å². The second kappa shape index (κ2) is 5.22. The lowest BCUT2D eigenvalue weighted by Gasteiger charge is -2.15. The summed E-state index contributed by atoms with van der Waals surface area (Å²) in [6.45, 7) is 0. The van der Waals surface area contributed by atoms with E-state index in [2.05, 4.69) is 60.7 Å². The molecule has 0 heterocycles. The van der Waals surface area contributed by atoms with Crippen molar-refractivity contribution in [2.75, 3.05) is 0 Å². The second-order valence-electron chi connectivity index (χ2n) is 4.98. The molecule has 1 aliphatic rings. The molecular weight excluding hydrogens is 216 g/mol. The van der Waals surface area contributed by atoms with E-state index in [0.717, 1.165) is 0 Å². The zero-order valence-electron chi connectivity index (χ0n) is 10.6. The molecule has 0 bridgehead atoms. The van der Waals surface area contributed by atoms with Crippen molar-refractivity contribution in [2.24, 2.45) is 0 Å². The van der Waals surface area contributed by atoms with Crippen LogP contribution in [0.4, 0.5) is 0 Å². The molecule has 1 aliphatic carbocycles. The van der Waals surface area contributed by atoms with Gasteiger partial charge in [-0.2, -0.15) is 0 Å². The topological polar surface area (TPSA) is 0 Å². The molecular formula is C18H18. The normalized spacial score (nSPS) is 14.7. The predicted molar refractivity (Wildman–Crippen MR) is 78.5 cm³/mol. The number of hydrogen-bond donors (Lipinski definition) is 0. The third kappa shape index (κ3) is 2.53. The van der Waals surface area contributed by atoms with Gasteiger partial charge in [0.1, 0.15) is 0 Å². The highest BCUT2D eigenvalue weighted by Crippen LogP contribution is 2.23. The van der Waals surface area contributed by atoms with Crippen LogP contribution in [0, 0.1) is 0 Å². The van der Waals surface area contributed by atoms with E-state index in [9.17, 15) is 0 Å². The van der Waals surface area contributed by atoms with Crippen LogP contribution in [0.2, 0.25) is 0 Å². The number of hydrogen-bond acceptors (Lipinski definition) is 0. The first-order valence-electron chi connectivity index (χ1n) is 6.77. The molecule has 0 fully saturated rings. The molecule has 2 aromatic carbocycles. The fourth-order valence-electron chi connectivity index (χ4n) is 2.61. The van der Waals surface area contributed by atoms with Crippen molar-refractivity contribution in [1.29, 1.82) is 0 Å². The third-order valence-corrected chi connectivity index (χ3v) is 3.64. The Hall–Kier alpha value is -1.82. The van der Waals surface area contributed by atoms with Crippen molar-refractivity contribution in [3.05, 3.63) is 70.8 Å². The van der Waals surface area contributed by atoms with E-state index in [1.165, 1.54) is 36.8 Å². The largest absolute Gasteiger partial charge is 0.0622 e. The molecule has 90 valence electrons. The van der Waals surface area contributed by atoms with Crippen molar-refractivity contribution in [2.45, 2.75) is 25.7 Å². The van der Waals surface area contributed by atoms with E-state index in [1.54, 1.807) is 11.1 Å². The first kappa shape index (κ1) is 11.3. The summed E-state index contributed by atoms with van der Waals surface area (Å²) >= 11 is 0. The molecule has 0 heteroatoms. The van der Waals surface area contributed by atoms with Gasteiger partial charge in [0.05, 0.1) is 0 Å². The molecule has 0 spiro atoms. The Kier molecular flexibility index (Phi) is 3.27. The van der Waals surface area contributed by atoms with Crippen molar-refractivity contribution in [3.63, 3.8) is 0 Å². The second-order valence-corrected chi connectivity index (χ2v) is 4.98. The Morgan fingerprint density at radius 1 is 0.667 bits per heavy atom. The first-order chi connectivity index (χ1) is 8.92. The Labute approximate surface area is 109 Å². The minimum absolute atomic E-state index is 1.25. The van der Waals surface area contributed by atoms with Crippen LogP contribution in [0.3, 0.4) is 0 Å². The van der Waals surface area contributed by atoms with Crippen LogP contribution in [0.5, 0.6) is 0 Å². The molecule has 0 saturated heterocycles. The number of rotatable bonds is 2. The van der Waals surface area contributed by atoms with Crippen molar-refractivity contribution >= 4 is 12.2 Å². The van der Waals surface area contributed by atoms with Crippen LogP contribution >= 0.6 is 0 Å². The Balaban J connectivity index is 1.83. The highest BCUT2D eigenvalue weighted by atomic mass is 14.1. The lowest BCUT2D eigenvalue weighted by molar-refractivity contribution is 0.685. The van der Waals surface area contributed by atoms with Gasteiger partial charge >= 0.3 is 0 Å². The zero-order chi connectivity index (χ0) is 12.2. The maximum atomic E-state index is 2.36. The van der Waals surface area contributed by atoms with Crippen LogP contribution < -0.4 is 0 Å². The highest BCUT2D eigenvalue weighted by molar-refractivity contribution is 5.70. The van der Waals surface area contributed by atoms with E-state index in [0.29, 0.717) is 0 Å². The molecule has 0 radical (unpaired) electrons. The van der Waals surface area contributed by atoms with Crippen LogP contribution in [0.25, 0.3) is 12.2 Å². The molecule has 2 aromatic rings. The number of aryl methyl sites for hydroxylation is 2. The van der Waals surface area contributed by atoms with E-state index in [4.69, 9.17) is 0 Å². The molecule has 0 amide bonds. The van der Waals surface area contributed by atoms with E-state index in [1.807, 2.05) is 0 Å². The van der Waals surface area contributed by atoms with Gasteiger partial charge in [0.25, 0.3) is 0 Å². The molecule has 18 heavy (non-hydrogen) atoms. The highest BCUT2D eigenvalue weighted by Gasteiger charge is 2.08. The van der Waals surface area contributed by atoms with Gasteiger partial charge in [0.15, 0.2) is 0 Å². The van der Waals surface area contributed by atoms with E-state index >= 15 is 0 Å². The maximum Gasteiger partial charge on any atom is -0.0254 e. The smallest absolute Gasteiger partial charge is 0.0254 e. The molecule has 0 nitrogen and oxygen atoms in total. The molecule has 0 saturated carbocycles. The van der Waals surface area contributed by atoms with Crippen molar-refractivity contribution < 1.29 is 0 Å². The van der Waals surface area contributed by atoms with Gasteiger partial charge < -0.3 is 0 Å². The SMILES string of the molecule is C(=C\c1ccc2c(c1)CCCC2)/c1ccccc1. The summed E-state index contributed by atoms with van der Waals surface area (Å²) in [7, 11) is 0. The van der Waals surface area contributed by atoms with Gasteiger partial charge in [-0.25, -0.2) is 0 Å². The first-order valence-corrected chi connectivity index (χ1v) is 6.77. The van der Waals surface area contributed by atoms with Gasteiger partial charge in [-0.05, 0) is 47.9 Å². The van der Waals surface area contributed by atoms with Gasteiger partial charge in [-0.1, -0.05) is 60.7 Å². The zero-order valence-corrected chi connectivity index (χ0v) is 10.6. The van der Waals surface area contributed by atoms with Crippen LogP contribution in [0.1, 0.15) is 35.1 Å². The Bertz CT molecular complexity index is 550. The summed E-state index contributed by atoms with van der Waals surface area (Å²) < 4.78 is 0. The Morgan fingerprint density at radius 2 is 1.39 bits per heavy atom. The van der Waals surface area contributed by atoms with E-state index < -0.39 is 0 Å². The summed E-state index contributed by atoms with van der Waals surface area (Å²) in [4.78, 5) is 0. The maximum absolute atomic E-state index is 2.36.